The van der Waals surface area contributed by atoms with Crippen molar-refractivity contribution in [3.05, 3.63) is 18.9 Å². The van der Waals surface area contributed by atoms with Gasteiger partial charge in [0, 0.05) is 6.08 Å². The van der Waals surface area contributed by atoms with Gasteiger partial charge in [0.25, 0.3) is 0 Å². The van der Waals surface area contributed by atoms with Crippen LogP contribution in [0.4, 0.5) is 0 Å². The number of hydrogen-bond acceptors (Lipinski definition) is 3. The summed E-state index contributed by atoms with van der Waals surface area (Å²) in [5.41, 5.74) is 0. The van der Waals surface area contributed by atoms with E-state index >= 15 is 0 Å². The first kappa shape index (κ1) is 4.05. The van der Waals surface area contributed by atoms with Crippen molar-refractivity contribution in [2.24, 2.45) is 0 Å². The van der Waals surface area contributed by atoms with E-state index in [1.54, 1.807) is 0 Å². The van der Waals surface area contributed by atoms with E-state index in [0.29, 0.717) is 5.89 Å². The number of nitrogens with zero attached hydrogens (tertiary/aromatic N) is 2. The monoisotopic (exact) mass is 95.0 g/mol. The molecule has 3 nitrogen and oxygen atoms in total. The van der Waals surface area contributed by atoms with Gasteiger partial charge in [-0.3, -0.25) is 0 Å². The van der Waals surface area contributed by atoms with Gasteiger partial charge in [0.1, 0.15) is 0 Å². The number of hydrogen-bond donors (Lipinski definition) is 0. The molecule has 0 fully saturated rings. The Morgan fingerprint density at radius 1 is 1.86 bits per heavy atom. The van der Waals surface area contributed by atoms with Gasteiger partial charge in [-0.1, -0.05) is 6.58 Å². The maximum Gasteiger partial charge on any atom is 0.240 e. The average molecular weight is 95.1 g/mol. The lowest BCUT2D eigenvalue weighted by Gasteiger charge is -1.67. The molecule has 35 valence electrons. The van der Waals surface area contributed by atoms with E-state index in [1.807, 2.05) is 0 Å². The summed E-state index contributed by atoms with van der Waals surface area (Å²) in [7, 11) is 0. The van der Waals surface area contributed by atoms with Crippen molar-refractivity contribution < 1.29 is 4.42 Å². The maximum atomic E-state index is 4.97. The highest BCUT2D eigenvalue weighted by Crippen LogP contribution is 1.89. The van der Waals surface area contributed by atoms with E-state index < -0.39 is 0 Å². The van der Waals surface area contributed by atoms with Crippen LogP contribution in [0.2, 0.25) is 0 Å². The van der Waals surface area contributed by atoms with Gasteiger partial charge in [0.2, 0.25) is 12.3 Å². The summed E-state index contributed by atoms with van der Waals surface area (Å²) in [6.07, 6.45) is 2.46. The third kappa shape index (κ3) is 0.652. The highest BCUT2D eigenvalue weighted by molar-refractivity contribution is 5.29. The fourth-order valence-electron chi connectivity index (χ4n) is 0.254. The van der Waals surface area contributed by atoms with Crippen molar-refractivity contribution in [3.63, 3.8) is 0 Å². The van der Waals surface area contributed by atoms with E-state index in [0.717, 1.165) is 0 Å². The van der Waals surface area contributed by atoms with Crippen LogP contribution < -0.4 is 0 Å². The third-order valence-electron chi connectivity index (χ3n) is 0.519. The molecule has 0 aliphatic heterocycles. The Morgan fingerprint density at radius 2 is 2.71 bits per heavy atom. The number of rotatable bonds is 1. The largest absolute Gasteiger partial charge is 0.424 e. The summed E-state index contributed by atoms with van der Waals surface area (Å²) in [5.74, 6) is 0.347. The summed E-state index contributed by atoms with van der Waals surface area (Å²) in [6.45, 7) is 4.97. The molecule has 0 aromatic carbocycles. The molecule has 3 heteroatoms. The van der Waals surface area contributed by atoms with Crippen LogP contribution in [0.25, 0.3) is 6.08 Å². The zero-order valence-electron chi connectivity index (χ0n) is 3.53. The molecule has 0 atom stereocenters. The molecule has 0 bridgehead atoms. The van der Waals surface area contributed by atoms with Crippen LogP contribution in [0.3, 0.4) is 0 Å². The Morgan fingerprint density at radius 3 is 3.00 bits per heavy atom. The lowest BCUT2D eigenvalue weighted by Crippen LogP contribution is -1.66. The first-order valence-corrected chi connectivity index (χ1v) is 1.74. The SMILES string of the molecule is [CH]=Cc1nnco1. The Kier molecular flexibility index (Phi) is 0.898. The molecule has 1 radical (unpaired) electrons. The van der Waals surface area contributed by atoms with Crippen LogP contribution >= 0.6 is 0 Å². The van der Waals surface area contributed by atoms with Gasteiger partial charge in [-0.15, -0.1) is 10.2 Å². The molecule has 1 heterocycles. The second kappa shape index (κ2) is 1.55. The molecular formula is C4H3N2O. The zero-order chi connectivity index (χ0) is 5.11. The molecule has 0 aliphatic carbocycles. The minimum absolute atomic E-state index is 0.347. The van der Waals surface area contributed by atoms with E-state index in [1.165, 1.54) is 12.5 Å². The van der Waals surface area contributed by atoms with Crippen molar-refractivity contribution in [1.29, 1.82) is 0 Å². The molecule has 0 aliphatic rings. The number of aromatic nitrogens is 2. The molecule has 1 aromatic heterocycles. The minimum atomic E-state index is 0.347. The van der Waals surface area contributed by atoms with Crippen LogP contribution in [0.1, 0.15) is 5.89 Å². The Bertz CT molecular complexity index is 145. The van der Waals surface area contributed by atoms with Crippen molar-refractivity contribution in [2.45, 2.75) is 0 Å². The molecule has 0 saturated heterocycles. The van der Waals surface area contributed by atoms with Gasteiger partial charge < -0.3 is 4.42 Å². The lowest BCUT2D eigenvalue weighted by atomic mass is 10.7. The molecule has 1 rings (SSSR count). The molecule has 0 spiro atoms. The van der Waals surface area contributed by atoms with E-state index in [9.17, 15) is 0 Å². The van der Waals surface area contributed by atoms with Gasteiger partial charge in [-0.2, -0.15) is 0 Å². The minimum Gasteiger partial charge on any atom is -0.424 e. The Balaban J connectivity index is 2.96. The topological polar surface area (TPSA) is 38.9 Å². The summed E-state index contributed by atoms with van der Waals surface area (Å²) >= 11 is 0. The Hall–Kier alpha value is -1.12. The quantitative estimate of drug-likeness (QED) is 0.510. The maximum absolute atomic E-state index is 4.97. The normalized spacial score (nSPS) is 8.57. The molecular weight excluding hydrogens is 92.1 g/mol. The van der Waals surface area contributed by atoms with Gasteiger partial charge in [0.05, 0.1) is 0 Å². The van der Waals surface area contributed by atoms with Gasteiger partial charge >= 0.3 is 0 Å². The highest BCUT2D eigenvalue weighted by atomic mass is 16.4. The van der Waals surface area contributed by atoms with Crippen molar-refractivity contribution in [3.8, 4) is 0 Å². The first-order chi connectivity index (χ1) is 3.43. The van der Waals surface area contributed by atoms with E-state index in [2.05, 4.69) is 14.6 Å². The summed E-state index contributed by atoms with van der Waals surface area (Å²) in [4.78, 5) is 0. The molecule has 0 unspecified atom stereocenters. The first-order valence-electron chi connectivity index (χ1n) is 1.74. The van der Waals surface area contributed by atoms with Crippen LogP contribution in [0, 0.1) is 6.58 Å². The fraction of sp³-hybridized carbons (Fsp3) is 0. The van der Waals surface area contributed by atoms with Crippen LogP contribution in [-0.4, -0.2) is 10.2 Å². The second-order valence-corrected chi connectivity index (χ2v) is 0.944. The second-order valence-electron chi connectivity index (χ2n) is 0.944. The van der Waals surface area contributed by atoms with Gasteiger partial charge in [-0.25, -0.2) is 0 Å². The average Bonchev–Trinajstić information content (AvgIpc) is 2.14. The van der Waals surface area contributed by atoms with Crippen LogP contribution in [0.15, 0.2) is 10.8 Å². The van der Waals surface area contributed by atoms with Crippen molar-refractivity contribution in [2.75, 3.05) is 0 Å². The van der Waals surface area contributed by atoms with E-state index in [4.69, 9.17) is 6.58 Å². The summed E-state index contributed by atoms with van der Waals surface area (Å²) in [6, 6.07) is 0. The van der Waals surface area contributed by atoms with E-state index in [-0.39, 0.29) is 0 Å². The summed E-state index contributed by atoms with van der Waals surface area (Å²) in [5, 5.41) is 6.80. The van der Waals surface area contributed by atoms with Crippen LogP contribution in [0.5, 0.6) is 0 Å². The molecule has 0 N–H and O–H groups in total. The van der Waals surface area contributed by atoms with Gasteiger partial charge in [0.15, 0.2) is 0 Å². The molecule has 0 saturated carbocycles. The Labute approximate surface area is 40.7 Å². The molecule has 7 heavy (non-hydrogen) atoms. The third-order valence-corrected chi connectivity index (χ3v) is 0.519. The predicted octanol–water partition coefficient (Wildman–Crippen LogP) is 0.516. The van der Waals surface area contributed by atoms with Crippen molar-refractivity contribution in [1.82, 2.24) is 10.2 Å². The molecule has 1 aromatic rings. The molecule has 0 amide bonds. The highest BCUT2D eigenvalue weighted by Gasteiger charge is 1.84. The van der Waals surface area contributed by atoms with Gasteiger partial charge in [-0.05, 0) is 0 Å². The van der Waals surface area contributed by atoms with Crippen LogP contribution in [-0.2, 0) is 0 Å². The van der Waals surface area contributed by atoms with Crippen molar-refractivity contribution >= 4 is 6.08 Å². The smallest absolute Gasteiger partial charge is 0.240 e. The fourth-order valence-corrected chi connectivity index (χ4v) is 0.254. The standard InChI is InChI=1S/C4H3N2O/c1-2-4-6-5-3-7-4/h1-3H. The predicted molar refractivity (Wildman–Crippen MR) is 23.1 cm³/mol. The lowest BCUT2D eigenvalue weighted by molar-refractivity contribution is 0.542. The zero-order valence-corrected chi connectivity index (χ0v) is 3.53. The summed E-state index contributed by atoms with van der Waals surface area (Å²) < 4.78 is 4.58.